The van der Waals surface area contributed by atoms with E-state index in [-0.39, 0.29) is 5.76 Å². The molecule has 0 saturated heterocycles. The lowest BCUT2D eigenvalue weighted by atomic mass is 9.96. The summed E-state index contributed by atoms with van der Waals surface area (Å²) in [5, 5.41) is 22.9. The Bertz CT molecular complexity index is 522. The van der Waals surface area contributed by atoms with E-state index < -0.39 is 12.1 Å². The molecule has 1 aromatic heterocycles. The predicted octanol–water partition coefficient (Wildman–Crippen LogP) is -0.335. The average molecular weight is 203 g/mol. The average Bonchev–Trinajstić information content (AvgIpc) is 2.61. The van der Waals surface area contributed by atoms with Gasteiger partial charge in [-0.25, -0.2) is 4.79 Å². The molecule has 0 fully saturated rings. The van der Waals surface area contributed by atoms with Gasteiger partial charge < -0.3 is 10.4 Å². The minimum Gasteiger partial charge on any atom is -0.510 e. The van der Waals surface area contributed by atoms with Crippen molar-refractivity contribution in [2.24, 2.45) is 4.99 Å². The molecule has 7 heteroatoms. The van der Waals surface area contributed by atoms with Gasteiger partial charge in [-0.15, -0.1) is 10.2 Å². The van der Waals surface area contributed by atoms with Crippen LogP contribution in [0.25, 0.3) is 6.08 Å². The highest BCUT2D eigenvalue weighted by Crippen LogP contribution is 2.23. The molecule has 2 N–H and O–H groups in total. The molecule has 1 unspecified atom stereocenters. The maximum absolute atomic E-state index is 11.1. The Kier molecular flexibility index (Phi) is 1.39. The minimum atomic E-state index is -0.573. The van der Waals surface area contributed by atoms with Crippen LogP contribution in [0.5, 0.6) is 0 Å². The van der Waals surface area contributed by atoms with Crippen molar-refractivity contribution in [2.45, 2.75) is 6.04 Å². The Morgan fingerprint density at radius 1 is 1.47 bits per heavy atom. The fourth-order valence-electron chi connectivity index (χ4n) is 1.63. The van der Waals surface area contributed by atoms with E-state index >= 15 is 0 Å². The lowest BCUT2D eigenvalue weighted by Crippen LogP contribution is -2.36. The molecule has 0 aromatic carbocycles. The summed E-state index contributed by atoms with van der Waals surface area (Å²) in [5.74, 6) is 0.00704. The van der Waals surface area contributed by atoms with Gasteiger partial charge in [0, 0.05) is 11.6 Å². The summed E-state index contributed by atoms with van der Waals surface area (Å²) in [4.78, 5) is 14.8. The zero-order chi connectivity index (χ0) is 10.4. The minimum absolute atomic E-state index is 0.00704. The molecule has 0 bridgehead atoms. The van der Waals surface area contributed by atoms with Crippen molar-refractivity contribution >= 4 is 17.8 Å². The molecule has 0 radical (unpaired) electrons. The van der Waals surface area contributed by atoms with Gasteiger partial charge in [0.1, 0.15) is 17.5 Å². The lowest BCUT2D eigenvalue weighted by Gasteiger charge is -2.17. The molecule has 2 amide bonds. The predicted molar refractivity (Wildman–Crippen MR) is 49.3 cm³/mol. The molecule has 1 atom stereocenters. The monoisotopic (exact) mass is 203 g/mol. The Morgan fingerprint density at radius 3 is 3.20 bits per heavy atom. The number of fused-ring (bicyclic) bond motifs is 3. The number of hydrogen-bond acceptors (Lipinski definition) is 5. The molecule has 1 aliphatic carbocycles. The number of urea groups is 1. The van der Waals surface area contributed by atoms with E-state index in [4.69, 9.17) is 0 Å². The first-order chi connectivity index (χ1) is 7.25. The summed E-state index contributed by atoms with van der Waals surface area (Å²) < 4.78 is 0. The Balaban J connectivity index is 2.26. The summed E-state index contributed by atoms with van der Waals surface area (Å²) in [6, 6.07) is -1.05. The number of aliphatic hydroxyl groups is 1. The Hall–Kier alpha value is -2.31. The van der Waals surface area contributed by atoms with E-state index in [1.807, 2.05) is 0 Å². The quantitative estimate of drug-likeness (QED) is 0.601. The van der Waals surface area contributed by atoms with Crippen LogP contribution >= 0.6 is 0 Å². The fraction of sp³-hybridized carbons (Fsp3) is 0.125. The van der Waals surface area contributed by atoms with Crippen molar-refractivity contribution < 1.29 is 9.90 Å². The first-order valence-corrected chi connectivity index (χ1v) is 4.24. The Labute approximate surface area is 83.6 Å². The van der Waals surface area contributed by atoms with Gasteiger partial charge in [-0.2, -0.15) is 4.99 Å². The third-order valence-electron chi connectivity index (χ3n) is 2.29. The number of carbonyl (C=O) groups is 1. The van der Waals surface area contributed by atoms with E-state index in [1.165, 1.54) is 12.3 Å². The zero-order valence-corrected chi connectivity index (χ0v) is 7.38. The van der Waals surface area contributed by atoms with E-state index in [1.54, 1.807) is 0 Å². The highest BCUT2D eigenvalue weighted by molar-refractivity contribution is 6.18. The number of aliphatic imine (C=N–C) groups is 1. The van der Waals surface area contributed by atoms with E-state index in [0.29, 0.717) is 17.0 Å². The molecule has 2 aliphatic rings. The normalized spacial score (nSPS) is 22.4. The second-order valence-electron chi connectivity index (χ2n) is 3.18. The number of aliphatic hydroxyl groups excluding tert-OH is 1. The summed E-state index contributed by atoms with van der Waals surface area (Å²) in [7, 11) is 0. The molecule has 0 spiro atoms. The largest absolute Gasteiger partial charge is 0.510 e. The molecular formula is C8H5N5O2. The Morgan fingerprint density at radius 2 is 2.33 bits per heavy atom. The molecule has 74 valence electrons. The van der Waals surface area contributed by atoms with Gasteiger partial charge in [0.25, 0.3) is 0 Å². The highest BCUT2D eigenvalue weighted by atomic mass is 16.3. The van der Waals surface area contributed by atoms with E-state index in [0.717, 1.165) is 0 Å². The number of nitrogens with zero attached hydrogens (tertiary/aromatic N) is 4. The maximum atomic E-state index is 11.1. The fourth-order valence-corrected chi connectivity index (χ4v) is 1.63. The number of aromatic nitrogens is 3. The van der Waals surface area contributed by atoms with Crippen LogP contribution in [0.2, 0.25) is 0 Å². The highest BCUT2D eigenvalue weighted by Gasteiger charge is 2.35. The number of hydrogen-bond donors (Lipinski definition) is 2. The topological polar surface area (TPSA) is 100 Å². The summed E-state index contributed by atoms with van der Waals surface area (Å²) in [6.45, 7) is 0. The van der Waals surface area contributed by atoms with Crippen molar-refractivity contribution in [1.29, 1.82) is 0 Å². The third kappa shape index (κ3) is 1.03. The molecule has 1 aliphatic heterocycles. The van der Waals surface area contributed by atoms with Gasteiger partial charge in [0.2, 0.25) is 0 Å². The standard InChI is InChI=1S/C8H5N5O2/c14-5-1-4-3(2-9-13-12-4)6-7(5)11-8(15)10-6/h1-2,7,14H,(H,11,15). The molecule has 7 nitrogen and oxygen atoms in total. The van der Waals surface area contributed by atoms with E-state index in [2.05, 4.69) is 25.7 Å². The van der Waals surface area contributed by atoms with Gasteiger partial charge in [-0.05, 0) is 5.21 Å². The second kappa shape index (κ2) is 2.59. The SMILES string of the molecule is O=C1N=C2c3cnnnc3C=C(O)C2N1. The molecule has 1 aromatic rings. The third-order valence-corrected chi connectivity index (χ3v) is 2.29. The molecule has 15 heavy (non-hydrogen) atoms. The van der Waals surface area contributed by atoms with Crippen LogP contribution in [0.1, 0.15) is 11.3 Å². The maximum Gasteiger partial charge on any atom is 0.342 e. The number of carbonyl (C=O) groups excluding carboxylic acids is 1. The van der Waals surface area contributed by atoms with Gasteiger partial charge in [0.05, 0.1) is 11.9 Å². The lowest BCUT2D eigenvalue weighted by molar-refractivity contribution is 0.249. The molecule has 3 rings (SSSR count). The van der Waals surface area contributed by atoms with Crippen LogP contribution < -0.4 is 5.32 Å². The summed E-state index contributed by atoms with van der Waals surface area (Å²) in [5.41, 5.74) is 1.53. The number of rotatable bonds is 0. The van der Waals surface area contributed by atoms with Gasteiger partial charge in [-0.1, -0.05) is 0 Å². The van der Waals surface area contributed by atoms with Crippen molar-refractivity contribution in [3.05, 3.63) is 23.2 Å². The van der Waals surface area contributed by atoms with Crippen molar-refractivity contribution in [3.63, 3.8) is 0 Å². The first kappa shape index (κ1) is 8.04. The van der Waals surface area contributed by atoms with Crippen LogP contribution in [-0.4, -0.2) is 38.3 Å². The summed E-state index contributed by atoms with van der Waals surface area (Å²) in [6.07, 6.45) is 2.91. The van der Waals surface area contributed by atoms with Gasteiger partial charge >= 0.3 is 6.03 Å². The van der Waals surface area contributed by atoms with Crippen molar-refractivity contribution in [2.75, 3.05) is 0 Å². The molecule has 2 heterocycles. The first-order valence-electron chi connectivity index (χ1n) is 4.24. The second-order valence-corrected chi connectivity index (χ2v) is 3.18. The van der Waals surface area contributed by atoms with Crippen molar-refractivity contribution in [1.82, 2.24) is 20.7 Å². The molecule has 0 saturated carbocycles. The van der Waals surface area contributed by atoms with Crippen LogP contribution in [0, 0.1) is 0 Å². The molecular weight excluding hydrogens is 198 g/mol. The van der Waals surface area contributed by atoms with Crippen LogP contribution in [0.4, 0.5) is 4.79 Å². The van der Waals surface area contributed by atoms with Gasteiger partial charge in [0.15, 0.2) is 0 Å². The van der Waals surface area contributed by atoms with E-state index in [9.17, 15) is 9.90 Å². The van der Waals surface area contributed by atoms with Crippen molar-refractivity contribution in [3.8, 4) is 0 Å². The summed E-state index contributed by atoms with van der Waals surface area (Å²) >= 11 is 0. The smallest absolute Gasteiger partial charge is 0.342 e. The number of nitrogens with one attached hydrogen (secondary N) is 1. The van der Waals surface area contributed by atoms with Crippen LogP contribution in [0.15, 0.2) is 16.9 Å². The number of amides is 2. The van der Waals surface area contributed by atoms with Crippen LogP contribution in [0.3, 0.4) is 0 Å². The van der Waals surface area contributed by atoms with Gasteiger partial charge in [-0.3, -0.25) is 0 Å². The van der Waals surface area contributed by atoms with Crippen LogP contribution in [-0.2, 0) is 0 Å². The zero-order valence-electron chi connectivity index (χ0n) is 7.38.